The Morgan fingerprint density at radius 3 is 2.78 bits per heavy atom. The number of benzene rings is 1. The normalized spacial score (nSPS) is 35.1. The van der Waals surface area contributed by atoms with Gasteiger partial charge in [0.25, 0.3) is 0 Å². The Balaban J connectivity index is 1.78. The molecule has 5 heteroatoms. The summed E-state index contributed by atoms with van der Waals surface area (Å²) in [5, 5.41) is 21.4. The van der Waals surface area contributed by atoms with Gasteiger partial charge in [0, 0.05) is 6.54 Å². The molecule has 1 fully saturated rings. The summed E-state index contributed by atoms with van der Waals surface area (Å²) in [6, 6.07) is 4.12. The van der Waals surface area contributed by atoms with Crippen molar-refractivity contribution < 1.29 is 19.7 Å². The number of hydrogen-bond donors (Lipinski definition) is 2. The summed E-state index contributed by atoms with van der Waals surface area (Å²) in [6.07, 6.45) is 1.33. The van der Waals surface area contributed by atoms with Gasteiger partial charge in [-0.3, -0.25) is 4.90 Å². The van der Waals surface area contributed by atoms with Gasteiger partial charge in [0.1, 0.15) is 12.2 Å². The van der Waals surface area contributed by atoms with Crippen molar-refractivity contribution >= 4 is 5.57 Å². The second kappa shape index (κ2) is 4.50. The van der Waals surface area contributed by atoms with E-state index in [1.54, 1.807) is 0 Å². The standard InChI is InChI=1S/C18H21NO4/c1-10-15-12-8-14-13(22-9-23-14)7-11(12)3-6-19-5-2-4-18(15,19)17(21)16(10)20/h7-8,16-17,20-21H,2-6,9H2,1H3/t16-,17-,18-/m1/s1. The molecule has 3 aliphatic heterocycles. The van der Waals surface area contributed by atoms with E-state index in [-0.39, 0.29) is 6.79 Å². The smallest absolute Gasteiger partial charge is 0.231 e. The average Bonchev–Trinajstić information content (AvgIpc) is 3.19. The molecule has 0 bridgehead atoms. The third-order valence-corrected chi connectivity index (χ3v) is 6.13. The lowest BCUT2D eigenvalue weighted by molar-refractivity contribution is -0.0243. The molecule has 1 spiro atoms. The van der Waals surface area contributed by atoms with E-state index >= 15 is 0 Å². The van der Waals surface area contributed by atoms with Gasteiger partial charge in [-0.2, -0.15) is 0 Å². The molecular formula is C18H21NO4. The fraction of sp³-hybridized carbons (Fsp3) is 0.556. The quantitative estimate of drug-likeness (QED) is 0.756. The number of nitrogens with zero attached hydrogens (tertiary/aromatic N) is 1. The summed E-state index contributed by atoms with van der Waals surface area (Å²) >= 11 is 0. The van der Waals surface area contributed by atoms with Crippen LogP contribution >= 0.6 is 0 Å². The molecule has 0 saturated carbocycles. The number of ether oxygens (including phenoxy) is 2. The lowest BCUT2D eigenvalue weighted by Crippen LogP contribution is -2.53. The molecule has 1 aromatic carbocycles. The van der Waals surface area contributed by atoms with Gasteiger partial charge in [-0.15, -0.1) is 0 Å². The molecular weight excluding hydrogens is 294 g/mol. The summed E-state index contributed by atoms with van der Waals surface area (Å²) in [5.41, 5.74) is 3.90. The van der Waals surface area contributed by atoms with E-state index in [4.69, 9.17) is 9.47 Å². The summed E-state index contributed by atoms with van der Waals surface area (Å²) in [6.45, 7) is 4.08. The molecule has 1 aliphatic carbocycles. The molecule has 0 aromatic heterocycles. The molecule has 122 valence electrons. The van der Waals surface area contributed by atoms with Crippen LogP contribution < -0.4 is 9.47 Å². The first-order valence-electron chi connectivity index (χ1n) is 8.38. The molecule has 1 aromatic rings. The number of fused-ring (bicyclic) bond motifs is 3. The lowest BCUT2D eigenvalue weighted by Gasteiger charge is -2.39. The van der Waals surface area contributed by atoms with Crippen LogP contribution in [0.5, 0.6) is 11.5 Å². The van der Waals surface area contributed by atoms with Gasteiger partial charge in [-0.1, -0.05) is 0 Å². The van der Waals surface area contributed by atoms with Gasteiger partial charge in [0.15, 0.2) is 11.5 Å². The fourth-order valence-corrected chi connectivity index (χ4v) is 5.09. The van der Waals surface area contributed by atoms with Crippen LogP contribution in [0.25, 0.3) is 5.57 Å². The highest BCUT2D eigenvalue weighted by Crippen LogP contribution is 2.54. The maximum Gasteiger partial charge on any atom is 0.231 e. The van der Waals surface area contributed by atoms with E-state index in [0.29, 0.717) is 0 Å². The molecule has 5 nitrogen and oxygen atoms in total. The molecule has 1 saturated heterocycles. The lowest BCUT2D eigenvalue weighted by atomic mass is 9.81. The van der Waals surface area contributed by atoms with Crippen molar-refractivity contribution in [2.24, 2.45) is 0 Å². The predicted molar refractivity (Wildman–Crippen MR) is 84.4 cm³/mol. The highest BCUT2D eigenvalue weighted by Gasteiger charge is 2.58. The van der Waals surface area contributed by atoms with Gasteiger partial charge < -0.3 is 19.7 Å². The third kappa shape index (κ3) is 1.57. The fourth-order valence-electron chi connectivity index (χ4n) is 5.09. The number of hydrogen-bond acceptors (Lipinski definition) is 5. The molecule has 0 unspecified atom stereocenters. The summed E-state index contributed by atoms with van der Waals surface area (Å²) in [7, 11) is 0. The molecule has 3 atom stereocenters. The van der Waals surface area contributed by atoms with E-state index < -0.39 is 17.7 Å². The van der Waals surface area contributed by atoms with Crippen LogP contribution in [0, 0.1) is 0 Å². The molecule has 5 rings (SSSR count). The number of rotatable bonds is 0. The van der Waals surface area contributed by atoms with Gasteiger partial charge >= 0.3 is 0 Å². The summed E-state index contributed by atoms with van der Waals surface area (Å²) in [4.78, 5) is 2.37. The van der Waals surface area contributed by atoms with Crippen LogP contribution in [0.4, 0.5) is 0 Å². The first-order valence-corrected chi connectivity index (χ1v) is 8.38. The topological polar surface area (TPSA) is 62.2 Å². The van der Waals surface area contributed by atoms with Crippen LogP contribution in [0.2, 0.25) is 0 Å². The van der Waals surface area contributed by atoms with Gasteiger partial charge in [-0.05, 0) is 67.1 Å². The Hall–Kier alpha value is -1.56. The van der Waals surface area contributed by atoms with E-state index in [1.807, 2.05) is 13.0 Å². The zero-order valence-corrected chi connectivity index (χ0v) is 13.2. The zero-order chi connectivity index (χ0) is 15.8. The van der Waals surface area contributed by atoms with Crippen molar-refractivity contribution in [3.8, 4) is 11.5 Å². The van der Waals surface area contributed by atoms with Crippen molar-refractivity contribution in [1.29, 1.82) is 0 Å². The maximum atomic E-state index is 10.9. The Bertz CT molecular complexity index is 728. The van der Waals surface area contributed by atoms with Crippen LogP contribution in [-0.2, 0) is 6.42 Å². The second-order valence-electron chi connectivity index (χ2n) is 7.08. The Morgan fingerprint density at radius 1 is 1.17 bits per heavy atom. The van der Waals surface area contributed by atoms with Crippen LogP contribution in [0.15, 0.2) is 17.7 Å². The minimum absolute atomic E-state index is 0.263. The molecule has 2 N–H and O–H groups in total. The molecule has 3 heterocycles. The Morgan fingerprint density at radius 2 is 1.96 bits per heavy atom. The van der Waals surface area contributed by atoms with Gasteiger partial charge in [-0.25, -0.2) is 0 Å². The number of aliphatic hydroxyl groups excluding tert-OH is 2. The Labute approximate surface area is 135 Å². The van der Waals surface area contributed by atoms with Crippen LogP contribution in [0.3, 0.4) is 0 Å². The highest BCUT2D eigenvalue weighted by atomic mass is 16.7. The Kier molecular flexibility index (Phi) is 2.71. The third-order valence-electron chi connectivity index (χ3n) is 6.13. The maximum absolute atomic E-state index is 10.9. The average molecular weight is 315 g/mol. The molecule has 23 heavy (non-hydrogen) atoms. The first kappa shape index (κ1) is 13.8. The molecule has 4 aliphatic rings. The molecule has 0 radical (unpaired) electrons. The van der Waals surface area contributed by atoms with Crippen molar-refractivity contribution in [3.63, 3.8) is 0 Å². The number of aliphatic hydroxyl groups is 2. The summed E-state index contributed by atoms with van der Waals surface area (Å²) in [5.74, 6) is 1.57. The predicted octanol–water partition coefficient (Wildman–Crippen LogP) is 1.31. The largest absolute Gasteiger partial charge is 0.454 e. The van der Waals surface area contributed by atoms with Gasteiger partial charge in [0.05, 0.1) is 5.54 Å². The highest BCUT2D eigenvalue weighted by molar-refractivity contribution is 5.84. The SMILES string of the molecule is CC1=C2c3cc4c(cc3CCN3CCC[C@]23[C@H](O)[C@@H]1O)OCO4. The van der Waals surface area contributed by atoms with Crippen molar-refractivity contribution in [3.05, 3.63) is 28.8 Å². The van der Waals surface area contributed by atoms with Gasteiger partial charge in [0.2, 0.25) is 6.79 Å². The van der Waals surface area contributed by atoms with Crippen molar-refractivity contribution in [1.82, 2.24) is 4.90 Å². The van der Waals surface area contributed by atoms with Crippen LogP contribution in [0.1, 0.15) is 30.9 Å². The van der Waals surface area contributed by atoms with Crippen molar-refractivity contribution in [2.75, 3.05) is 19.9 Å². The summed E-state index contributed by atoms with van der Waals surface area (Å²) < 4.78 is 11.1. The molecule has 0 amide bonds. The minimum atomic E-state index is -0.790. The van der Waals surface area contributed by atoms with Crippen molar-refractivity contribution in [2.45, 2.75) is 43.9 Å². The minimum Gasteiger partial charge on any atom is -0.454 e. The van der Waals surface area contributed by atoms with E-state index in [2.05, 4.69) is 11.0 Å². The van der Waals surface area contributed by atoms with E-state index in [1.165, 1.54) is 5.56 Å². The van der Waals surface area contributed by atoms with E-state index in [9.17, 15) is 10.2 Å². The second-order valence-corrected chi connectivity index (χ2v) is 7.08. The van der Waals surface area contributed by atoms with Crippen LogP contribution in [-0.4, -0.2) is 52.7 Å². The van der Waals surface area contributed by atoms with E-state index in [0.717, 1.165) is 60.6 Å². The zero-order valence-electron chi connectivity index (χ0n) is 13.2. The monoisotopic (exact) mass is 315 g/mol. The first-order chi connectivity index (χ1) is 11.1.